The third-order valence-corrected chi connectivity index (χ3v) is 2.91. The fourth-order valence-corrected chi connectivity index (χ4v) is 2.19. The summed E-state index contributed by atoms with van der Waals surface area (Å²) in [5, 5.41) is 0. The van der Waals surface area contributed by atoms with Crippen LogP contribution in [0.4, 0.5) is 0 Å². The van der Waals surface area contributed by atoms with Gasteiger partial charge < -0.3 is 0 Å². The van der Waals surface area contributed by atoms with Gasteiger partial charge in [-0.25, -0.2) is 0 Å². The molecule has 0 amide bonds. The Balaban J connectivity index is 2.16. The van der Waals surface area contributed by atoms with Crippen LogP contribution in [0.1, 0.15) is 25.7 Å². The lowest BCUT2D eigenvalue weighted by Crippen LogP contribution is -2.39. The summed E-state index contributed by atoms with van der Waals surface area (Å²) in [5.74, 6) is 0.477. The summed E-state index contributed by atoms with van der Waals surface area (Å²) in [6, 6.07) is 1.18. The van der Waals surface area contributed by atoms with Crippen LogP contribution in [-0.2, 0) is 4.79 Å². The first kappa shape index (κ1) is 6.35. The largest absolute Gasteiger partial charge is 0.300 e. The molecule has 2 saturated heterocycles. The molecule has 0 radical (unpaired) electrons. The molecule has 0 aromatic rings. The molecule has 2 rings (SSSR count). The molecule has 0 spiro atoms. The average molecular weight is 139 g/mol. The van der Waals surface area contributed by atoms with E-state index in [-0.39, 0.29) is 0 Å². The van der Waals surface area contributed by atoms with Crippen molar-refractivity contribution in [1.29, 1.82) is 0 Å². The fourth-order valence-electron chi connectivity index (χ4n) is 2.19. The monoisotopic (exact) mass is 139 g/mol. The molecule has 2 aliphatic rings. The number of rotatable bonds is 0. The maximum atomic E-state index is 11.0. The standard InChI is InChI=1S/C8H13NO/c1-9-6-2-3-7(9)5-8(10)4-6/h6-7H,2-5H2,1H3/t6-,7?/m1/s1. The van der Waals surface area contributed by atoms with Gasteiger partial charge in [-0.3, -0.25) is 9.69 Å². The van der Waals surface area contributed by atoms with E-state index in [9.17, 15) is 4.79 Å². The van der Waals surface area contributed by atoms with E-state index in [1.807, 2.05) is 0 Å². The fraction of sp³-hybridized carbons (Fsp3) is 0.875. The molecule has 0 aromatic carbocycles. The Morgan fingerprint density at radius 3 is 2.30 bits per heavy atom. The van der Waals surface area contributed by atoms with Gasteiger partial charge in [0.2, 0.25) is 0 Å². The van der Waals surface area contributed by atoms with Crippen LogP contribution in [-0.4, -0.2) is 29.8 Å². The van der Waals surface area contributed by atoms with Crippen LogP contribution in [0.15, 0.2) is 0 Å². The zero-order valence-corrected chi connectivity index (χ0v) is 6.34. The van der Waals surface area contributed by atoms with E-state index in [2.05, 4.69) is 11.9 Å². The number of hydrogen-bond donors (Lipinski definition) is 0. The third-order valence-electron chi connectivity index (χ3n) is 2.91. The van der Waals surface area contributed by atoms with Gasteiger partial charge in [-0.1, -0.05) is 0 Å². The highest BCUT2D eigenvalue weighted by molar-refractivity contribution is 5.80. The molecule has 0 N–H and O–H groups in total. The maximum Gasteiger partial charge on any atom is 0.136 e. The van der Waals surface area contributed by atoms with E-state index in [4.69, 9.17) is 0 Å². The summed E-state index contributed by atoms with van der Waals surface area (Å²) in [6.07, 6.45) is 4.11. The normalized spacial score (nSPS) is 40.7. The first-order chi connectivity index (χ1) is 4.77. The van der Waals surface area contributed by atoms with Crippen molar-refractivity contribution in [2.75, 3.05) is 7.05 Å². The summed E-state index contributed by atoms with van der Waals surface area (Å²) < 4.78 is 0. The lowest BCUT2D eigenvalue weighted by atomic mass is 10.0. The Labute approximate surface area is 61.2 Å². The van der Waals surface area contributed by atoms with E-state index in [1.54, 1.807) is 0 Å². The zero-order valence-electron chi connectivity index (χ0n) is 6.34. The minimum absolute atomic E-state index is 0.477. The van der Waals surface area contributed by atoms with Crippen LogP contribution in [0.25, 0.3) is 0 Å². The van der Waals surface area contributed by atoms with Crippen LogP contribution in [0.3, 0.4) is 0 Å². The quantitative estimate of drug-likeness (QED) is 0.495. The van der Waals surface area contributed by atoms with Gasteiger partial charge in [-0.15, -0.1) is 0 Å². The molecular weight excluding hydrogens is 126 g/mol. The second-order valence-electron chi connectivity index (χ2n) is 3.50. The van der Waals surface area contributed by atoms with Crippen molar-refractivity contribution in [3.8, 4) is 0 Å². The van der Waals surface area contributed by atoms with E-state index in [0.717, 1.165) is 12.8 Å². The Bertz CT molecular complexity index is 151. The Morgan fingerprint density at radius 1 is 1.30 bits per heavy atom. The molecule has 2 heteroatoms. The minimum Gasteiger partial charge on any atom is -0.300 e. The molecule has 0 saturated carbocycles. The average Bonchev–Trinajstić information content (AvgIpc) is 2.20. The molecular formula is C8H13NO. The van der Waals surface area contributed by atoms with Crippen LogP contribution in [0.5, 0.6) is 0 Å². The highest BCUT2D eigenvalue weighted by atomic mass is 16.1. The summed E-state index contributed by atoms with van der Waals surface area (Å²) >= 11 is 0. The molecule has 1 unspecified atom stereocenters. The second-order valence-corrected chi connectivity index (χ2v) is 3.50. The number of Topliss-reactive ketones (excluding diaryl/α,β-unsaturated/α-hetero) is 1. The summed E-state index contributed by atoms with van der Waals surface area (Å²) in [6.45, 7) is 0. The van der Waals surface area contributed by atoms with Gasteiger partial charge in [0.15, 0.2) is 0 Å². The Morgan fingerprint density at radius 2 is 1.80 bits per heavy atom. The number of hydrogen-bond acceptors (Lipinski definition) is 2. The maximum absolute atomic E-state index is 11.0. The van der Waals surface area contributed by atoms with Crippen LogP contribution in [0, 0.1) is 0 Å². The van der Waals surface area contributed by atoms with Gasteiger partial charge >= 0.3 is 0 Å². The smallest absolute Gasteiger partial charge is 0.136 e. The minimum atomic E-state index is 0.477. The van der Waals surface area contributed by atoms with Gasteiger partial charge in [-0.2, -0.15) is 0 Å². The van der Waals surface area contributed by atoms with E-state index >= 15 is 0 Å². The number of piperidine rings is 1. The van der Waals surface area contributed by atoms with Gasteiger partial charge in [0.25, 0.3) is 0 Å². The molecule has 2 fully saturated rings. The molecule has 0 aromatic heterocycles. The molecule has 2 heterocycles. The van der Waals surface area contributed by atoms with Crippen LogP contribution < -0.4 is 0 Å². The molecule has 2 aliphatic heterocycles. The predicted molar refractivity (Wildman–Crippen MR) is 38.8 cm³/mol. The number of nitrogens with zero attached hydrogens (tertiary/aromatic N) is 1. The number of fused-ring (bicyclic) bond motifs is 2. The number of carbonyl (C=O) groups excluding carboxylic acids is 1. The van der Waals surface area contributed by atoms with Gasteiger partial charge in [0.05, 0.1) is 0 Å². The highest BCUT2D eigenvalue weighted by Crippen LogP contribution is 2.31. The number of carbonyl (C=O) groups is 1. The van der Waals surface area contributed by atoms with Crippen LogP contribution >= 0.6 is 0 Å². The van der Waals surface area contributed by atoms with Crippen molar-refractivity contribution in [2.24, 2.45) is 0 Å². The molecule has 2 atom stereocenters. The lowest BCUT2D eigenvalue weighted by Gasteiger charge is -2.29. The van der Waals surface area contributed by atoms with Gasteiger partial charge in [0, 0.05) is 24.9 Å². The van der Waals surface area contributed by atoms with Crippen molar-refractivity contribution in [2.45, 2.75) is 37.8 Å². The molecule has 56 valence electrons. The van der Waals surface area contributed by atoms with E-state index in [0.29, 0.717) is 17.9 Å². The van der Waals surface area contributed by atoms with Crippen molar-refractivity contribution in [3.63, 3.8) is 0 Å². The summed E-state index contributed by atoms with van der Waals surface area (Å²) in [7, 11) is 2.15. The van der Waals surface area contributed by atoms with Crippen molar-refractivity contribution < 1.29 is 4.79 Å². The van der Waals surface area contributed by atoms with Gasteiger partial charge in [-0.05, 0) is 19.9 Å². The molecule has 0 aliphatic carbocycles. The third kappa shape index (κ3) is 0.788. The zero-order chi connectivity index (χ0) is 7.14. The van der Waals surface area contributed by atoms with Crippen LogP contribution in [0.2, 0.25) is 0 Å². The van der Waals surface area contributed by atoms with Gasteiger partial charge in [0.1, 0.15) is 5.78 Å². The SMILES string of the molecule is CN1C2CC[C@@H]1CC(=O)C2. The predicted octanol–water partition coefficient (Wildman–Crippen LogP) is 0.812. The summed E-state index contributed by atoms with van der Waals surface area (Å²) in [4.78, 5) is 13.4. The van der Waals surface area contributed by atoms with E-state index < -0.39 is 0 Å². The number of ketones is 1. The first-order valence-electron chi connectivity index (χ1n) is 4.01. The van der Waals surface area contributed by atoms with Crippen molar-refractivity contribution in [1.82, 2.24) is 4.90 Å². The van der Waals surface area contributed by atoms with Crippen molar-refractivity contribution >= 4 is 5.78 Å². The highest BCUT2D eigenvalue weighted by Gasteiger charge is 2.37. The Kier molecular flexibility index (Phi) is 1.31. The molecule has 2 nitrogen and oxygen atoms in total. The second kappa shape index (κ2) is 2.06. The Hall–Kier alpha value is -0.370. The lowest BCUT2D eigenvalue weighted by molar-refractivity contribution is -0.123. The summed E-state index contributed by atoms with van der Waals surface area (Å²) in [5.41, 5.74) is 0. The molecule has 10 heavy (non-hydrogen) atoms. The van der Waals surface area contributed by atoms with E-state index in [1.165, 1.54) is 12.8 Å². The van der Waals surface area contributed by atoms with Crippen molar-refractivity contribution in [3.05, 3.63) is 0 Å². The molecule has 2 bridgehead atoms. The topological polar surface area (TPSA) is 20.3 Å². The first-order valence-corrected chi connectivity index (χ1v) is 4.01.